The van der Waals surface area contributed by atoms with Crippen molar-refractivity contribution in [2.24, 2.45) is 11.8 Å². The molecule has 2 heterocycles. The Hall–Kier alpha value is -2.69. The summed E-state index contributed by atoms with van der Waals surface area (Å²) in [5.74, 6) is -1.51. The second kappa shape index (κ2) is 7.77. The van der Waals surface area contributed by atoms with E-state index in [1.807, 2.05) is 55.5 Å². The summed E-state index contributed by atoms with van der Waals surface area (Å²) in [4.78, 5) is 32.8. The van der Waals surface area contributed by atoms with Gasteiger partial charge in [-0.05, 0) is 54.2 Å². The van der Waals surface area contributed by atoms with Crippen LogP contribution in [0.3, 0.4) is 0 Å². The molecule has 1 aliphatic heterocycles. The average molecular weight is 451 g/mol. The number of benzene rings is 2. The lowest BCUT2D eigenvalue weighted by atomic mass is 9.68. The third-order valence-corrected chi connectivity index (χ3v) is 7.18. The third kappa shape index (κ3) is 3.26. The lowest BCUT2D eigenvalue weighted by molar-refractivity contribution is -0.122. The van der Waals surface area contributed by atoms with E-state index in [2.05, 4.69) is 4.98 Å². The number of amides is 2. The van der Waals surface area contributed by atoms with Crippen LogP contribution in [0.1, 0.15) is 28.2 Å². The molecule has 0 N–H and O–H groups in total. The highest BCUT2D eigenvalue weighted by molar-refractivity contribution is 6.33. The maximum absolute atomic E-state index is 13.6. The molecule has 0 bridgehead atoms. The third-order valence-electron chi connectivity index (χ3n) is 6.52. The van der Waals surface area contributed by atoms with Gasteiger partial charge >= 0.3 is 0 Å². The molecule has 1 aliphatic carbocycles. The Morgan fingerprint density at radius 2 is 1.58 bits per heavy atom. The molecule has 5 rings (SSSR count). The zero-order valence-electron chi connectivity index (χ0n) is 16.9. The van der Waals surface area contributed by atoms with Crippen molar-refractivity contribution in [3.8, 4) is 0 Å². The van der Waals surface area contributed by atoms with Gasteiger partial charge in [-0.15, -0.1) is 0 Å². The molecule has 1 fully saturated rings. The van der Waals surface area contributed by atoms with Gasteiger partial charge in [0.05, 0.1) is 17.5 Å². The Kier molecular flexibility index (Phi) is 5.07. The van der Waals surface area contributed by atoms with Crippen LogP contribution >= 0.6 is 23.2 Å². The number of aromatic nitrogens is 1. The molecular formula is C25H20Cl2N2O2. The number of para-hydroxylation sites is 1. The van der Waals surface area contributed by atoms with E-state index in [-0.39, 0.29) is 17.7 Å². The van der Waals surface area contributed by atoms with Crippen LogP contribution in [0.25, 0.3) is 0 Å². The fourth-order valence-corrected chi connectivity index (χ4v) is 5.65. The molecule has 4 nitrogen and oxygen atoms in total. The SMILES string of the molecule is Cc1c(Cl)nc(Cl)c2c1C[C@H]1C(=O)N(c3ccccc3)C(=O)[C@H]1[C@H]2Cc1ccccc1. The van der Waals surface area contributed by atoms with Crippen molar-refractivity contribution in [1.82, 2.24) is 4.98 Å². The first-order chi connectivity index (χ1) is 15.0. The van der Waals surface area contributed by atoms with Crippen LogP contribution in [-0.2, 0) is 22.4 Å². The molecule has 2 aliphatic rings. The van der Waals surface area contributed by atoms with Gasteiger partial charge in [-0.2, -0.15) is 0 Å². The van der Waals surface area contributed by atoms with E-state index in [4.69, 9.17) is 23.2 Å². The quantitative estimate of drug-likeness (QED) is 0.397. The van der Waals surface area contributed by atoms with E-state index < -0.39 is 11.8 Å². The minimum Gasteiger partial charge on any atom is -0.274 e. The zero-order valence-corrected chi connectivity index (χ0v) is 18.4. The molecular weight excluding hydrogens is 431 g/mol. The first-order valence-corrected chi connectivity index (χ1v) is 11.0. The molecule has 156 valence electrons. The molecule has 1 aromatic heterocycles. The number of rotatable bonds is 3. The summed E-state index contributed by atoms with van der Waals surface area (Å²) in [6.07, 6.45) is 1.03. The standard InChI is InChI=1S/C25H20Cl2N2O2/c1-14-17-13-19-21(25(31)29(24(19)30)16-10-6-3-7-11-16)18(12-15-8-4-2-5-9-15)20(17)23(27)28-22(14)26/h2-11,18-19,21H,12-13H2,1H3/t18-,19+,21-/m0/s1. The van der Waals surface area contributed by atoms with E-state index >= 15 is 0 Å². The Morgan fingerprint density at radius 1 is 0.935 bits per heavy atom. The molecule has 0 spiro atoms. The summed E-state index contributed by atoms with van der Waals surface area (Å²) in [5.41, 5.74) is 4.32. The highest BCUT2D eigenvalue weighted by atomic mass is 35.5. The van der Waals surface area contributed by atoms with Crippen molar-refractivity contribution in [3.63, 3.8) is 0 Å². The summed E-state index contributed by atoms with van der Waals surface area (Å²) in [5, 5.41) is 0.667. The highest BCUT2D eigenvalue weighted by Crippen LogP contribution is 2.50. The lowest BCUT2D eigenvalue weighted by Crippen LogP contribution is -2.34. The second-order valence-corrected chi connectivity index (χ2v) is 8.91. The number of carbonyl (C=O) groups excluding carboxylic acids is 2. The molecule has 31 heavy (non-hydrogen) atoms. The number of pyridine rings is 1. The van der Waals surface area contributed by atoms with E-state index in [0.29, 0.717) is 28.8 Å². The predicted octanol–water partition coefficient (Wildman–Crippen LogP) is 5.39. The Balaban J connectivity index is 1.66. The molecule has 1 saturated heterocycles. The van der Waals surface area contributed by atoms with Gasteiger partial charge in [-0.1, -0.05) is 71.7 Å². The summed E-state index contributed by atoms with van der Waals surface area (Å²) < 4.78 is 0. The number of halogens is 2. The number of fused-ring (bicyclic) bond motifs is 2. The molecule has 0 saturated carbocycles. The van der Waals surface area contributed by atoms with Crippen LogP contribution in [0.2, 0.25) is 10.3 Å². The molecule has 2 aromatic carbocycles. The summed E-state index contributed by atoms with van der Waals surface area (Å²) in [6, 6.07) is 19.1. The average Bonchev–Trinajstić information content (AvgIpc) is 3.03. The smallest absolute Gasteiger partial charge is 0.238 e. The molecule has 6 heteroatoms. The number of hydrogen-bond donors (Lipinski definition) is 0. The van der Waals surface area contributed by atoms with Crippen LogP contribution in [0, 0.1) is 18.8 Å². The first-order valence-electron chi connectivity index (χ1n) is 10.3. The van der Waals surface area contributed by atoms with Crippen molar-refractivity contribution in [1.29, 1.82) is 0 Å². The summed E-state index contributed by atoms with van der Waals surface area (Å²) >= 11 is 12.9. The number of carbonyl (C=O) groups is 2. The van der Waals surface area contributed by atoms with Crippen LogP contribution < -0.4 is 4.90 Å². The minimum atomic E-state index is -0.486. The number of imide groups is 1. The van der Waals surface area contributed by atoms with Crippen molar-refractivity contribution in [2.75, 3.05) is 4.90 Å². The Morgan fingerprint density at radius 3 is 2.26 bits per heavy atom. The Bertz CT molecular complexity index is 1180. The summed E-state index contributed by atoms with van der Waals surface area (Å²) in [6.45, 7) is 1.90. The van der Waals surface area contributed by atoms with Gasteiger partial charge in [0, 0.05) is 5.92 Å². The number of hydrogen-bond acceptors (Lipinski definition) is 3. The highest BCUT2D eigenvalue weighted by Gasteiger charge is 2.55. The van der Waals surface area contributed by atoms with Crippen LogP contribution in [0.15, 0.2) is 60.7 Å². The first kappa shape index (κ1) is 20.2. The van der Waals surface area contributed by atoms with Crippen LogP contribution in [0.5, 0.6) is 0 Å². The fraction of sp³-hybridized carbons (Fsp3) is 0.240. The van der Waals surface area contributed by atoms with Gasteiger partial charge in [-0.25, -0.2) is 4.98 Å². The molecule has 3 aromatic rings. The van der Waals surface area contributed by atoms with Crippen molar-refractivity contribution in [2.45, 2.75) is 25.7 Å². The van der Waals surface area contributed by atoms with Crippen molar-refractivity contribution < 1.29 is 9.59 Å². The monoisotopic (exact) mass is 450 g/mol. The van der Waals surface area contributed by atoms with Gasteiger partial charge in [0.1, 0.15) is 10.3 Å². The van der Waals surface area contributed by atoms with Gasteiger partial charge in [-0.3, -0.25) is 14.5 Å². The largest absolute Gasteiger partial charge is 0.274 e. The molecule has 2 amide bonds. The zero-order chi connectivity index (χ0) is 21.7. The van der Waals surface area contributed by atoms with E-state index in [1.165, 1.54) is 4.90 Å². The summed E-state index contributed by atoms with van der Waals surface area (Å²) in [7, 11) is 0. The molecule has 0 unspecified atom stereocenters. The van der Waals surface area contributed by atoms with E-state index in [1.54, 1.807) is 12.1 Å². The topological polar surface area (TPSA) is 50.3 Å². The minimum absolute atomic E-state index is 0.159. The predicted molar refractivity (Wildman–Crippen MR) is 122 cm³/mol. The lowest BCUT2D eigenvalue weighted by Gasteiger charge is -2.34. The second-order valence-electron chi connectivity index (χ2n) is 8.19. The fourth-order valence-electron chi connectivity index (χ4n) is 5.07. The molecule has 0 radical (unpaired) electrons. The normalized spacial score (nSPS) is 22.4. The molecule has 3 atom stereocenters. The van der Waals surface area contributed by atoms with Gasteiger partial charge in [0.2, 0.25) is 11.8 Å². The van der Waals surface area contributed by atoms with Gasteiger partial charge < -0.3 is 0 Å². The van der Waals surface area contributed by atoms with Crippen LogP contribution in [-0.4, -0.2) is 16.8 Å². The van der Waals surface area contributed by atoms with Gasteiger partial charge in [0.25, 0.3) is 0 Å². The van der Waals surface area contributed by atoms with Crippen LogP contribution in [0.4, 0.5) is 5.69 Å². The maximum atomic E-state index is 13.6. The number of nitrogens with zero attached hydrogens (tertiary/aromatic N) is 2. The van der Waals surface area contributed by atoms with Crippen molar-refractivity contribution >= 4 is 40.7 Å². The Labute approximate surface area is 190 Å². The van der Waals surface area contributed by atoms with E-state index in [0.717, 1.165) is 22.3 Å². The van der Waals surface area contributed by atoms with Gasteiger partial charge in [0.15, 0.2) is 0 Å². The maximum Gasteiger partial charge on any atom is 0.238 e. The van der Waals surface area contributed by atoms with E-state index in [9.17, 15) is 9.59 Å². The van der Waals surface area contributed by atoms with Crippen molar-refractivity contribution in [3.05, 3.63) is 93.2 Å². The number of anilines is 1.